The van der Waals surface area contributed by atoms with Crippen molar-refractivity contribution in [2.75, 3.05) is 11.9 Å². The van der Waals surface area contributed by atoms with Gasteiger partial charge in [-0.25, -0.2) is 4.79 Å². The molecule has 0 spiro atoms. The lowest BCUT2D eigenvalue weighted by atomic mass is 9.91. The van der Waals surface area contributed by atoms with Gasteiger partial charge in [0.05, 0.1) is 0 Å². The third kappa shape index (κ3) is 4.00. The zero-order valence-corrected chi connectivity index (χ0v) is 15.8. The minimum atomic E-state index is -0.943. The minimum absolute atomic E-state index is 0.251. The van der Waals surface area contributed by atoms with Crippen molar-refractivity contribution in [3.8, 4) is 0 Å². The van der Waals surface area contributed by atoms with Crippen LogP contribution in [-0.2, 0) is 9.59 Å². The van der Waals surface area contributed by atoms with Crippen LogP contribution in [0.1, 0.15) is 43.9 Å². The van der Waals surface area contributed by atoms with Crippen LogP contribution in [0.25, 0.3) is 0 Å². The number of aryl methyl sites for hydroxylation is 3. The van der Waals surface area contributed by atoms with Crippen molar-refractivity contribution in [3.63, 3.8) is 0 Å². The average Bonchev–Trinajstić information content (AvgIpc) is 2.65. The highest BCUT2D eigenvalue weighted by molar-refractivity contribution is 6.10. The smallest absolute Gasteiger partial charge is 0.324 e. The van der Waals surface area contributed by atoms with E-state index in [1.165, 1.54) is 0 Å². The molecule has 25 heavy (non-hydrogen) atoms. The van der Waals surface area contributed by atoms with Crippen LogP contribution in [0.5, 0.6) is 0 Å². The van der Waals surface area contributed by atoms with Crippen molar-refractivity contribution in [2.24, 2.45) is 5.92 Å². The Morgan fingerprint density at radius 1 is 1.20 bits per heavy atom. The molecular weight excluding hydrogens is 318 g/mol. The number of hydrogen-bond acceptors (Lipinski definition) is 3. The first-order valence-electron chi connectivity index (χ1n) is 8.55. The van der Waals surface area contributed by atoms with Gasteiger partial charge in [-0.15, -0.1) is 0 Å². The summed E-state index contributed by atoms with van der Waals surface area (Å²) in [5.41, 5.74) is 2.81. The molecule has 136 valence electrons. The number of anilines is 1. The predicted molar refractivity (Wildman–Crippen MR) is 97.4 cm³/mol. The summed E-state index contributed by atoms with van der Waals surface area (Å²) in [6, 6.07) is 3.45. The van der Waals surface area contributed by atoms with Gasteiger partial charge in [-0.3, -0.25) is 14.5 Å². The summed E-state index contributed by atoms with van der Waals surface area (Å²) in [6.45, 7) is 11.2. The van der Waals surface area contributed by atoms with E-state index in [1.54, 1.807) is 6.92 Å². The summed E-state index contributed by atoms with van der Waals surface area (Å²) in [5.74, 6) is -0.480. The Balaban J connectivity index is 2.11. The lowest BCUT2D eigenvalue weighted by Gasteiger charge is -2.23. The molecule has 1 fully saturated rings. The highest BCUT2D eigenvalue weighted by Crippen LogP contribution is 2.25. The van der Waals surface area contributed by atoms with Gasteiger partial charge < -0.3 is 10.6 Å². The molecule has 0 saturated carbocycles. The monoisotopic (exact) mass is 345 g/mol. The summed E-state index contributed by atoms with van der Waals surface area (Å²) in [5, 5.41) is 5.55. The molecule has 0 unspecified atom stereocenters. The molecule has 0 radical (unpaired) electrons. The van der Waals surface area contributed by atoms with Crippen molar-refractivity contribution in [1.82, 2.24) is 10.2 Å². The number of imide groups is 1. The molecule has 0 aliphatic carbocycles. The number of nitrogens with one attached hydrogen (secondary N) is 2. The van der Waals surface area contributed by atoms with Crippen LogP contribution < -0.4 is 10.6 Å². The standard InChI is InChI=1S/C19H27N3O3/c1-11(2)9-19(6)17(24)22(18(25)21-19)10-15(23)20-16-13(4)7-12(3)8-14(16)5/h7-8,11H,9-10H2,1-6H3,(H,20,23)(H,21,25)/t19-/m1/s1. The van der Waals surface area contributed by atoms with Crippen LogP contribution in [0.4, 0.5) is 10.5 Å². The molecule has 1 aliphatic heterocycles. The molecular formula is C19H27N3O3. The maximum absolute atomic E-state index is 12.6. The molecule has 1 aromatic carbocycles. The second kappa shape index (κ2) is 6.86. The quantitative estimate of drug-likeness (QED) is 0.806. The molecule has 4 amide bonds. The van der Waals surface area contributed by atoms with Gasteiger partial charge in [0.25, 0.3) is 5.91 Å². The minimum Gasteiger partial charge on any atom is -0.324 e. The van der Waals surface area contributed by atoms with E-state index in [4.69, 9.17) is 0 Å². The maximum atomic E-state index is 12.6. The summed E-state index contributed by atoms with van der Waals surface area (Å²) < 4.78 is 0. The number of hydrogen-bond donors (Lipinski definition) is 2. The maximum Gasteiger partial charge on any atom is 0.325 e. The van der Waals surface area contributed by atoms with Crippen molar-refractivity contribution in [2.45, 2.75) is 53.5 Å². The zero-order valence-electron chi connectivity index (χ0n) is 15.8. The highest BCUT2D eigenvalue weighted by Gasteiger charge is 2.48. The largest absolute Gasteiger partial charge is 0.325 e. The Morgan fingerprint density at radius 3 is 2.28 bits per heavy atom. The van der Waals surface area contributed by atoms with Gasteiger partial charge in [0.2, 0.25) is 5.91 Å². The second-order valence-electron chi connectivity index (χ2n) is 7.57. The Bertz CT molecular complexity index is 704. The fraction of sp³-hybridized carbons (Fsp3) is 0.526. The molecule has 1 aliphatic rings. The molecule has 2 N–H and O–H groups in total. The van der Waals surface area contributed by atoms with E-state index in [1.807, 2.05) is 46.8 Å². The highest BCUT2D eigenvalue weighted by atomic mass is 16.2. The summed E-state index contributed by atoms with van der Waals surface area (Å²) in [6.07, 6.45) is 0.534. The molecule has 0 bridgehead atoms. The first-order valence-corrected chi connectivity index (χ1v) is 8.55. The van der Waals surface area contributed by atoms with Crippen molar-refractivity contribution in [1.29, 1.82) is 0 Å². The van der Waals surface area contributed by atoms with E-state index in [0.29, 0.717) is 6.42 Å². The van der Waals surface area contributed by atoms with Gasteiger partial charge in [0.1, 0.15) is 12.1 Å². The van der Waals surface area contributed by atoms with Crippen molar-refractivity contribution in [3.05, 3.63) is 28.8 Å². The van der Waals surface area contributed by atoms with Crippen LogP contribution in [0.2, 0.25) is 0 Å². The number of carbonyl (C=O) groups is 3. The van der Waals surface area contributed by atoms with Gasteiger partial charge in [-0.2, -0.15) is 0 Å². The number of benzene rings is 1. The predicted octanol–water partition coefficient (Wildman–Crippen LogP) is 2.91. The van der Waals surface area contributed by atoms with Crippen LogP contribution in [0.3, 0.4) is 0 Å². The first-order chi connectivity index (χ1) is 11.5. The second-order valence-corrected chi connectivity index (χ2v) is 7.57. The van der Waals surface area contributed by atoms with E-state index in [0.717, 1.165) is 27.3 Å². The lowest BCUT2D eigenvalue weighted by Crippen LogP contribution is -2.45. The van der Waals surface area contributed by atoms with Gasteiger partial charge in [0.15, 0.2) is 0 Å². The van der Waals surface area contributed by atoms with Crippen LogP contribution in [0, 0.1) is 26.7 Å². The van der Waals surface area contributed by atoms with Crippen molar-refractivity contribution >= 4 is 23.5 Å². The topological polar surface area (TPSA) is 78.5 Å². The van der Waals surface area contributed by atoms with Crippen LogP contribution in [-0.4, -0.2) is 34.8 Å². The molecule has 6 nitrogen and oxygen atoms in total. The number of nitrogens with zero attached hydrogens (tertiary/aromatic N) is 1. The molecule has 1 aromatic rings. The van der Waals surface area contributed by atoms with Gasteiger partial charge in [-0.05, 0) is 51.2 Å². The Kier molecular flexibility index (Phi) is 5.20. The third-order valence-corrected chi connectivity index (χ3v) is 4.40. The number of carbonyl (C=O) groups excluding carboxylic acids is 3. The summed E-state index contributed by atoms with van der Waals surface area (Å²) in [7, 11) is 0. The van der Waals surface area contributed by atoms with E-state index in [-0.39, 0.29) is 24.3 Å². The molecule has 6 heteroatoms. The van der Waals surface area contributed by atoms with E-state index >= 15 is 0 Å². The zero-order chi connectivity index (χ0) is 18.9. The summed E-state index contributed by atoms with van der Waals surface area (Å²) in [4.78, 5) is 38.2. The molecule has 1 atom stereocenters. The molecule has 1 heterocycles. The van der Waals surface area contributed by atoms with Crippen molar-refractivity contribution < 1.29 is 14.4 Å². The Hall–Kier alpha value is -2.37. The van der Waals surface area contributed by atoms with Gasteiger partial charge in [-0.1, -0.05) is 31.5 Å². The van der Waals surface area contributed by atoms with Gasteiger partial charge in [0, 0.05) is 5.69 Å². The third-order valence-electron chi connectivity index (χ3n) is 4.40. The molecule has 2 rings (SSSR count). The SMILES string of the molecule is Cc1cc(C)c(NC(=O)CN2C(=O)N[C@](C)(CC(C)C)C2=O)c(C)c1. The number of amides is 4. The average molecular weight is 345 g/mol. The van der Waals surface area contributed by atoms with Crippen LogP contribution >= 0.6 is 0 Å². The van der Waals surface area contributed by atoms with Gasteiger partial charge >= 0.3 is 6.03 Å². The fourth-order valence-electron chi connectivity index (χ4n) is 3.55. The normalized spacial score (nSPS) is 20.2. The van der Waals surface area contributed by atoms with Crippen LogP contribution in [0.15, 0.2) is 12.1 Å². The molecule has 0 aromatic heterocycles. The fourth-order valence-corrected chi connectivity index (χ4v) is 3.55. The number of urea groups is 1. The number of rotatable bonds is 5. The Morgan fingerprint density at radius 2 is 1.76 bits per heavy atom. The van der Waals surface area contributed by atoms with E-state index in [2.05, 4.69) is 10.6 Å². The van der Waals surface area contributed by atoms with E-state index in [9.17, 15) is 14.4 Å². The lowest BCUT2D eigenvalue weighted by molar-refractivity contribution is -0.133. The Labute approximate surface area is 149 Å². The molecule has 1 saturated heterocycles. The van der Waals surface area contributed by atoms with E-state index < -0.39 is 11.6 Å². The summed E-state index contributed by atoms with van der Waals surface area (Å²) >= 11 is 0. The first kappa shape index (κ1) is 19.0.